The fourth-order valence-electron chi connectivity index (χ4n) is 1.10. The van der Waals surface area contributed by atoms with E-state index < -0.39 is 5.97 Å². The van der Waals surface area contributed by atoms with Gasteiger partial charge in [-0.1, -0.05) is 6.92 Å². The number of likely N-dealkylation sites (N-methyl/N-ethyl adjacent to an activating group) is 1. The molecule has 0 atom stereocenters. The van der Waals surface area contributed by atoms with Crippen molar-refractivity contribution in [1.82, 2.24) is 4.90 Å². The maximum atomic E-state index is 10.3. The van der Waals surface area contributed by atoms with Crippen LogP contribution in [0.3, 0.4) is 0 Å². The van der Waals surface area contributed by atoms with Gasteiger partial charge in [-0.3, -0.25) is 4.79 Å². The number of rotatable bonds is 8. The van der Waals surface area contributed by atoms with E-state index in [1.165, 1.54) is 0 Å². The molecule has 0 aliphatic heterocycles. The molecule has 84 valence electrons. The average Bonchev–Trinajstić information content (AvgIpc) is 2.10. The summed E-state index contributed by atoms with van der Waals surface area (Å²) in [5.74, 6) is -0.742. The molecular formula is C10H21NO3. The number of nitrogens with zero attached hydrogens (tertiary/aromatic N) is 1. The molecule has 1 N–H and O–H groups in total. The number of hydrogen-bond donors (Lipinski definition) is 1. The maximum Gasteiger partial charge on any atom is 0.304 e. The first kappa shape index (κ1) is 13.4. The Morgan fingerprint density at radius 1 is 1.43 bits per heavy atom. The van der Waals surface area contributed by atoms with Crippen LogP contribution in [-0.2, 0) is 9.53 Å². The van der Waals surface area contributed by atoms with Gasteiger partial charge >= 0.3 is 5.97 Å². The quantitative estimate of drug-likeness (QED) is 0.644. The van der Waals surface area contributed by atoms with Crippen LogP contribution >= 0.6 is 0 Å². The minimum Gasteiger partial charge on any atom is -0.481 e. The number of carbonyl (C=O) groups is 1. The van der Waals surface area contributed by atoms with Crippen molar-refractivity contribution < 1.29 is 14.6 Å². The summed E-state index contributed by atoms with van der Waals surface area (Å²) in [5, 5.41) is 8.51. The van der Waals surface area contributed by atoms with Gasteiger partial charge in [-0.15, -0.1) is 0 Å². The molecule has 0 bridgehead atoms. The van der Waals surface area contributed by atoms with Crippen molar-refractivity contribution in [2.45, 2.75) is 33.3 Å². The van der Waals surface area contributed by atoms with E-state index in [2.05, 4.69) is 4.90 Å². The number of ether oxygens (including phenoxy) is 1. The molecule has 0 rings (SSSR count). The zero-order valence-electron chi connectivity index (χ0n) is 9.32. The molecule has 0 saturated carbocycles. The summed E-state index contributed by atoms with van der Waals surface area (Å²) in [7, 11) is 0. The second kappa shape index (κ2) is 7.76. The van der Waals surface area contributed by atoms with Crippen LogP contribution in [0.2, 0.25) is 0 Å². The number of carboxylic acid groups (broad SMARTS) is 1. The number of hydrogen-bond acceptors (Lipinski definition) is 3. The van der Waals surface area contributed by atoms with Crippen LogP contribution in [0.1, 0.15) is 27.2 Å². The van der Waals surface area contributed by atoms with Gasteiger partial charge in [-0.2, -0.15) is 0 Å². The monoisotopic (exact) mass is 203 g/mol. The van der Waals surface area contributed by atoms with Crippen molar-refractivity contribution in [1.29, 1.82) is 0 Å². The Bertz CT molecular complexity index is 159. The highest BCUT2D eigenvalue weighted by Crippen LogP contribution is 1.94. The lowest BCUT2D eigenvalue weighted by atomic mass is 10.3. The molecule has 4 nitrogen and oxygen atoms in total. The van der Waals surface area contributed by atoms with E-state index in [4.69, 9.17) is 9.84 Å². The third kappa shape index (κ3) is 8.01. The second-order valence-corrected chi connectivity index (χ2v) is 3.50. The van der Waals surface area contributed by atoms with E-state index in [9.17, 15) is 4.79 Å². The lowest BCUT2D eigenvalue weighted by Crippen LogP contribution is -2.30. The SMILES string of the molecule is CCN(CCOC(C)C)CCC(=O)O. The minimum atomic E-state index is -0.742. The maximum absolute atomic E-state index is 10.3. The normalized spacial score (nSPS) is 11.2. The molecule has 0 heterocycles. The highest BCUT2D eigenvalue weighted by molar-refractivity contribution is 5.66. The zero-order chi connectivity index (χ0) is 11.0. The lowest BCUT2D eigenvalue weighted by Gasteiger charge is -2.19. The molecular weight excluding hydrogens is 182 g/mol. The average molecular weight is 203 g/mol. The smallest absolute Gasteiger partial charge is 0.304 e. The van der Waals surface area contributed by atoms with E-state index in [0.29, 0.717) is 13.2 Å². The predicted molar refractivity (Wildman–Crippen MR) is 55.5 cm³/mol. The lowest BCUT2D eigenvalue weighted by molar-refractivity contribution is -0.137. The fraction of sp³-hybridized carbons (Fsp3) is 0.900. The van der Waals surface area contributed by atoms with Crippen LogP contribution in [-0.4, -0.2) is 48.3 Å². The van der Waals surface area contributed by atoms with Crippen LogP contribution in [0.15, 0.2) is 0 Å². The Kier molecular flexibility index (Phi) is 7.42. The largest absolute Gasteiger partial charge is 0.481 e. The van der Waals surface area contributed by atoms with Crippen molar-refractivity contribution in [3.8, 4) is 0 Å². The third-order valence-corrected chi connectivity index (χ3v) is 1.95. The van der Waals surface area contributed by atoms with Crippen LogP contribution in [0.25, 0.3) is 0 Å². The summed E-state index contributed by atoms with van der Waals surface area (Å²) in [5.41, 5.74) is 0. The summed E-state index contributed by atoms with van der Waals surface area (Å²) in [6.07, 6.45) is 0.448. The topological polar surface area (TPSA) is 49.8 Å². The van der Waals surface area contributed by atoms with Gasteiger partial charge in [0.05, 0.1) is 19.1 Å². The Hall–Kier alpha value is -0.610. The van der Waals surface area contributed by atoms with Gasteiger partial charge < -0.3 is 14.7 Å². The summed E-state index contributed by atoms with van der Waals surface area (Å²) < 4.78 is 5.39. The molecule has 4 heteroatoms. The van der Waals surface area contributed by atoms with Crippen molar-refractivity contribution in [2.75, 3.05) is 26.2 Å². The van der Waals surface area contributed by atoms with E-state index >= 15 is 0 Å². The first-order valence-electron chi connectivity index (χ1n) is 5.12. The van der Waals surface area contributed by atoms with Gasteiger partial charge in [0.1, 0.15) is 0 Å². The number of carboxylic acids is 1. The first-order chi connectivity index (χ1) is 6.56. The van der Waals surface area contributed by atoms with E-state index in [1.54, 1.807) is 0 Å². The Labute approximate surface area is 85.9 Å². The summed E-state index contributed by atoms with van der Waals surface area (Å²) in [6, 6.07) is 0. The highest BCUT2D eigenvalue weighted by atomic mass is 16.5. The zero-order valence-corrected chi connectivity index (χ0v) is 9.32. The predicted octanol–water partition coefficient (Wildman–Crippen LogP) is 1.21. The molecule has 0 radical (unpaired) electrons. The van der Waals surface area contributed by atoms with Crippen molar-refractivity contribution in [2.24, 2.45) is 0 Å². The second-order valence-electron chi connectivity index (χ2n) is 3.50. The van der Waals surface area contributed by atoms with Crippen molar-refractivity contribution >= 4 is 5.97 Å². The van der Waals surface area contributed by atoms with Crippen LogP contribution in [0, 0.1) is 0 Å². The molecule has 0 aromatic rings. The molecule has 0 aromatic heterocycles. The van der Waals surface area contributed by atoms with E-state index in [0.717, 1.165) is 13.1 Å². The molecule has 0 aliphatic carbocycles. The van der Waals surface area contributed by atoms with Gasteiger partial charge in [0, 0.05) is 13.1 Å². The summed E-state index contributed by atoms with van der Waals surface area (Å²) in [6.45, 7) is 8.97. The Morgan fingerprint density at radius 3 is 2.50 bits per heavy atom. The van der Waals surface area contributed by atoms with Crippen LogP contribution < -0.4 is 0 Å². The van der Waals surface area contributed by atoms with Gasteiger partial charge in [0.15, 0.2) is 0 Å². The van der Waals surface area contributed by atoms with Gasteiger partial charge in [0.2, 0.25) is 0 Å². The van der Waals surface area contributed by atoms with Crippen LogP contribution in [0.4, 0.5) is 0 Å². The molecule has 0 fully saturated rings. The molecule has 0 spiro atoms. The molecule has 0 amide bonds. The van der Waals surface area contributed by atoms with Crippen molar-refractivity contribution in [3.63, 3.8) is 0 Å². The van der Waals surface area contributed by atoms with Gasteiger partial charge in [0.25, 0.3) is 0 Å². The van der Waals surface area contributed by atoms with Gasteiger partial charge in [-0.05, 0) is 20.4 Å². The van der Waals surface area contributed by atoms with Crippen molar-refractivity contribution in [3.05, 3.63) is 0 Å². The summed E-state index contributed by atoms with van der Waals surface area (Å²) in [4.78, 5) is 12.4. The molecule has 14 heavy (non-hydrogen) atoms. The fourth-order valence-corrected chi connectivity index (χ4v) is 1.10. The van der Waals surface area contributed by atoms with Crippen LogP contribution in [0.5, 0.6) is 0 Å². The van der Waals surface area contributed by atoms with Gasteiger partial charge in [-0.25, -0.2) is 0 Å². The van der Waals surface area contributed by atoms with E-state index in [1.807, 2.05) is 20.8 Å². The summed E-state index contributed by atoms with van der Waals surface area (Å²) >= 11 is 0. The highest BCUT2D eigenvalue weighted by Gasteiger charge is 2.05. The standard InChI is InChI=1S/C10H21NO3/c1-4-11(6-5-10(12)13)7-8-14-9(2)3/h9H,4-8H2,1-3H3,(H,12,13). The van der Waals surface area contributed by atoms with E-state index in [-0.39, 0.29) is 12.5 Å². The molecule has 0 aromatic carbocycles. The molecule has 0 aliphatic rings. The molecule has 0 unspecified atom stereocenters. The minimum absolute atomic E-state index is 0.204. The molecule has 0 saturated heterocycles. The number of aliphatic carboxylic acids is 1. The first-order valence-corrected chi connectivity index (χ1v) is 5.12. The Morgan fingerprint density at radius 2 is 2.07 bits per heavy atom. The third-order valence-electron chi connectivity index (χ3n) is 1.95. The Balaban J connectivity index is 3.52.